The highest BCUT2D eigenvalue weighted by Gasteiger charge is 2.22. The number of carboxylic acids is 1. The van der Waals surface area contributed by atoms with Crippen LogP contribution in [0.2, 0.25) is 0 Å². The second-order valence-corrected chi connectivity index (χ2v) is 9.67. The predicted molar refractivity (Wildman–Crippen MR) is 152 cm³/mol. The SMILES string of the molecule is O=C(O)c1ccc(CNC(=O)c2cc(-c3cc(F)ccc3F)cc3cnc(C(=O)c4ccc5ccccc5c4)n23)cc1. The van der Waals surface area contributed by atoms with E-state index < -0.39 is 29.3 Å². The molecule has 0 atom stereocenters. The zero-order valence-corrected chi connectivity index (χ0v) is 21.8. The number of hydrogen-bond acceptors (Lipinski definition) is 4. The van der Waals surface area contributed by atoms with E-state index in [0.29, 0.717) is 16.6 Å². The minimum atomic E-state index is -1.07. The number of halogens is 2. The van der Waals surface area contributed by atoms with E-state index in [4.69, 9.17) is 5.11 Å². The quantitative estimate of drug-likeness (QED) is 0.223. The van der Waals surface area contributed by atoms with E-state index in [1.54, 1.807) is 24.3 Å². The van der Waals surface area contributed by atoms with Crippen molar-refractivity contribution in [3.8, 4) is 11.1 Å². The van der Waals surface area contributed by atoms with Gasteiger partial charge in [0.05, 0.1) is 17.3 Å². The fourth-order valence-electron chi connectivity index (χ4n) is 4.83. The lowest BCUT2D eigenvalue weighted by molar-refractivity contribution is 0.0696. The van der Waals surface area contributed by atoms with E-state index >= 15 is 0 Å². The molecule has 42 heavy (non-hydrogen) atoms. The lowest BCUT2D eigenvalue weighted by Crippen LogP contribution is -2.26. The summed E-state index contributed by atoms with van der Waals surface area (Å²) in [6.07, 6.45) is 1.40. The third-order valence-corrected chi connectivity index (χ3v) is 6.97. The van der Waals surface area contributed by atoms with Gasteiger partial charge in [-0.05, 0) is 70.4 Å². The summed E-state index contributed by atoms with van der Waals surface area (Å²) in [4.78, 5) is 42.8. The van der Waals surface area contributed by atoms with Crippen molar-refractivity contribution >= 4 is 33.9 Å². The largest absolute Gasteiger partial charge is 0.478 e. The number of fused-ring (bicyclic) bond motifs is 2. The predicted octanol–water partition coefficient (Wildman–Crippen LogP) is 6.29. The normalized spacial score (nSPS) is 11.1. The molecule has 7 nitrogen and oxygen atoms in total. The van der Waals surface area contributed by atoms with Crippen LogP contribution in [0.1, 0.15) is 42.6 Å². The molecule has 0 bridgehead atoms. The van der Waals surface area contributed by atoms with Gasteiger partial charge in [0.25, 0.3) is 5.91 Å². The Hall–Kier alpha value is -5.70. The first kappa shape index (κ1) is 26.5. The van der Waals surface area contributed by atoms with Crippen molar-refractivity contribution in [1.29, 1.82) is 0 Å². The highest BCUT2D eigenvalue weighted by Crippen LogP contribution is 2.28. The summed E-state index contributed by atoms with van der Waals surface area (Å²) in [5.41, 5.74) is 1.58. The van der Waals surface area contributed by atoms with Crippen LogP contribution in [-0.2, 0) is 6.54 Å². The first-order valence-corrected chi connectivity index (χ1v) is 12.9. The van der Waals surface area contributed by atoms with Gasteiger partial charge in [-0.1, -0.05) is 48.5 Å². The maximum absolute atomic E-state index is 14.7. The van der Waals surface area contributed by atoms with Gasteiger partial charge in [-0.3, -0.25) is 14.0 Å². The Labute approximate surface area is 237 Å². The second-order valence-electron chi connectivity index (χ2n) is 9.67. The molecule has 0 aliphatic rings. The van der Waals surface area contributed by atoms with Crippen LogP contribution < -0.4 is 5.32 Å². The highest BCUT2D eigenvalue weighted by atomic mass is 19.1. The molecule has 1 amide bonds. The number of benzene rings is 4. The van der Waals surface area contributed by atoms with Crippen LogP contribution in [0.25, 0.3) is 27.4 Å². The van der Waals surface area contributed by atoms with E-state index in [0.717, 1.165) is 29.0 Å². The molecule has 206 valence electrons. The Morgan fingerprint density at radius 3 is 2.31 bits per heavy atom. The van der Waals surface area contributed by atoms with E-state index in [-0.39, 0.29) is 34.8 Å². The number of rotatable bonds is 7. The smallest absolute Gasteiger partial charge is 0.335 e. The van der Waals surface area contributed by atoms with Crippen molar-refractivity contribution in [3.63, 3.8) is 0 Å². The summed E-state index contributed by atoms with van der Waals surface area (Å²) >= 11 is 0. The number of ketones is 1. The molecule has 0 radical (unpaired) electrons. The molecule has 4 aromatic carbocycles. The highest BCUT2D eigenvalue weighted by molar-refractivity contribution is 6.10. The molecule has 0 aliphatic carbocycles. The molecule has 2 aromatic heterocycles. The fourth-order valence-corrected chi connectivity index (χ4v) is 4.83. The lowest BCUT2D eigenvalue weighted by Gasteiger charge is -2.13. The van der Waals surface area contributed by atoms with E-state index in [2.05, 4.69) is 10.3 Å². The molecule has 0 fully saturated rings. The van der Waals surface area contributed by atoms with Crippen molar-refractivity contribution < 1.29 is 28.3 Å². The van der Waals surface area contributed by atoms with Crippen LogP contribution in [-0.4, -0.2) is 32.2 Å². The molecule has 9 heteroatoms. The van der Waals surface area contributed by atoms with Crippen LogP contribution in [0.5, 0.6) is 0 Å². The van der Waals surface area contributed by atoms with Gasteiger partial charge < -0.3 is 10.4 Å². The number of amides is 1. The first-order chi connectivity index (χ1) is 20.3. The number of carbonyl (C=O) groups excluding carboxylic acids is 2. The van der Waals surface area contributed by atoms with Gasteiger partial charge in [-0.2, -0.15) is 0 Å². The van der Waals surface area contributed by atoms with Crippen molar-refractivity contribution in [2.24, 2.45) is 0 Å². The van der Waals surface area contributed by atoms with Crippen LogP contribution in [0, 0.1) is 11.6 Å². The van der Waals surface area contributed by atoms with Crippen LogP contribution in [0.3, 0.4) is 0 Å². The topological polar surface area (TPSA) is 101 Å². The summed E-state index contributed by atoms with van der Waals surface area (Å²) in [6.45, 7) is 0.0431. The van der Waals surface area contributed by atoms with Crippen LogP contribution >= 0.6 is 0 Å². The van der Waals surface area contributed by atoms with Crippen LogP contribution in [0.4, 0.5) is 8.78 Å². The van der Waals surface area contributed by atoms with E-state index in [9.17, 15) is 23.2 Å². The van der Waals surface area contributed by atoms with Crippen molar-refractivity contribution in [1.82, 2.24) is 14.7 Å². The Morgan fingerprint density at radius 1 is 0.810 bits per heavy atom. The second kappa shape index (κ2) is 10.7. The number of nitrogens with one attached hydrogen (secondary N) is 1. The Bertz CT molecular complexity index is 2030. The number of carboxylic acid groups (broad SMARTS) is 1. The van der Waals surface area contributed by atoms with Gasteiger partial charge in [0.2, 0.25) is 5.78 Å². The number of nitrogens with zero attached hydrogens (tertiary/aromatic N) is 2. The number of pyridine rings is 1. The van der Waals surface area contributed by atoms with Gasteiger partial charge in [0.15, 0.2) is 5.82 Å². The molecule has 0 unspecified atom stereocenters. The average molecular weight is 562 g/mol. The van der Waals surface area contributed by atoms with Gasteiger partial charge in [-0.15, -0.1) is 0 Å². The monoisotopic (exact) mass is 561 g/mol. The Morgan fingerprint density at radius 2 is 1.55 bits per heavy atom. The number of hydrogen-bond donors (Lipinski definition) is 2. The third kappa shape index (κ3) is 4.99. The Balaban J connectivity index is 1.43. The van der Waals surface area contributed by atoms with Gasteiger partial charge in [0.1, 0.15) is 17.3 Å². The summed E-state index contributed by atoms with van der Waals surface area (Å²) in [5.74, 6) is -3.46. The number of aromatic carboxylic acids is 1. The maximum atomic E-state index is 14.7. The minimum Gasteiger partial charge on any atom is -0.478 e. The molecule has 0 saturated carbocycles. The average Bonchev–Trinajstić information content (AvgIpc) is 3.44. The number of carbonyl (C=O) groups is 3. The lowest BCUT2D eigenvalue weighted by atomic mass is 10.0. The molecule has 2 N–H and O–H groups in total. The molecule has 6 rings (SSSR count). The summed E-state index contributed by atoms with van der Waals surface area (Å²) in [6, 6.07) is 24.8. The molecule has 0 saturated heterocycles. The molecular weight excluding hydrogens is 540 g/mol. The first-order valence-electron chi connectivity index (χ1n) is 12.9. The van der Waals surface area contributed by atoms with Crippen molar-refractivity contribution in [3.05, 3.63) is 143 Å². The fraction of sp³-hybridized carbons (Fsp3) is 0.0303. The zero-order chi connectivity index (χ0) is 29.4. The van der Waals surface area contributed by atoms with Gasteiger partial charge in [-0.25, -0.2) is 18.6 Å². The summed E-state index contributed by atoms with van der Waals surface area (Å²) in [5, 5.41) is 13.7. The maximum Gasteiger partial charge on any atom is 0.335 e. The standard InChI is InChI=1S/C33H21F2N3O4/c34-25-11-12-28(35)27(16-25)24-14-26-18-36-31(30(39)23-10-9-20-3-1-2-4-22(20)13-23)38(26)29(15-24)32(40)37-17-19-5-7-21(8-6-19)33(41)42/h1-16,18H,17H2,(H,37,40)(H,41,42). The van der Waals surface area contributed by atoms with E-state index in [1.807, 2.05) is 30.3 Å². The molecular formula is C33H21F2N3O4. The van der Waals surface area contributed by atoms with Gasteiger partial charge >= 0.3 is 5.97 Å². The van der Waals surface area contributed by atoms with E-state index in [1.165, 1.54) is 34.9 Å². The van der Waals surface area contributed by atoms with Crippen molar-refractivity contribution in [2.75, 3.05) is 0 Å². The number of imidazole rings is 1. The van der Waals surface area contributed by atoms with Crippen LogP contribution in [0.15, 0.2) is 103 Å². The van der Waals surface area contributed by atoms with Crippen molar-refractivity contribution in [2.45, 2.75) is 6.54 Å². The molecule has 0 aliphatic heterocycles. The van der Waals surface area contributed by atoms with Gasteiger partial charge in [0, 0.05) is 17.7 Å². The third-order valence-electron chi connectivity index (χ3n) is 6.97. The molecule has 6 aromatic rings. The summed E-state index contributed by atoms with van der Waals surface area (Å²) in [7, 11) is 0. The molecule has 2 heterocycles. The minimum absolute atomic E-state index is 0.0186. The molecule has 0 spiro atoms. The summed E-state index contributed by atoms with van der Waals surface area (Å²) < 4.78 is 30.2. The number of aromatic nitrogens is 2. The zero-order valence-electron chi connectivity index (χ0n) is 21.8. The Kier molecular flexibility index (Phi) is 6.76.